The van der Waals surface area contributed by atoms with Crippen molar-refractivity contribution in [1.82, 2.24) is 10.6 Å². The summed E-state index contributed by atoms with van der Waals surface area (Å²) in [4.78, 5) is 23.4. The van der Waals surface area contributed by atoms with Gasteiger partial charge in [-0.2, -0.15) is 0 Å². The molecule has 2 N–H and O–H groups in total. The van der Waals surface area contributed by atoms with Gasteiger partial charge in [-0.05, 0) is 30.3 Å². The Morgan fingerprint density at radius 3 is 2.37 bits per heavy atom. The van der Waals surface area contributed by atoms with E-state index in [4.69, 9.17) is 27.9 Å². The minimum absolute atomic E-state index is 0.00752. The zero-order chi connectivity index (χ0) is 20.0. The van der Waals surface area contributed by atoms with Crippen molar-refractivity contribution in [2.24, 2.45) is 0 Å². The molecule has 144 valence electrons. The molecule has 10 heteroatoms. The summed E-state index contributed by atoms with van der Waals surface area (Å²) >= 11 is 11.6. The fourth-order valence-corrected chi connectivity index (χ4v) is 2.42. The van der Waals surface area contributed by atoms with E-state index in [-0.39, 0.29) is 30.5 Å². The number of amides is 2. The molecule has 2 aromatic carbocycles. The van der Waals surface area contributed by atoms with Gasteiger partial charge in [0.1, 0.15) is 5.75 Å². The monoisotopic (exact) mass is 420 g/mol. The topological polar surface area (TPSA) is 67.4 Å². The van der Waals surface area contributed by atoms with Crippen LogP contribution in [0, 0.1) is 17.5 Å². The highest BCUT2D eigenvalue weighted by atomic mass is 35.5. The molecule has 0 fully saturated rings. The number of hydrogen-bond acceptors (Lipinski definition) is 3. The number of benzene rings is 2. The molecule has 0 heterocycles. The predicted molar refractivity (Wildman–Crippen MR) is 93.6 cm³/mol. The van der Waals surface area contributed by atoms with Gasteiger partial charge in [-0.25, -0.2) is 13.2 Å². The maximum absolute atomic E-state index is 13.5. The third-order valence-corrected chi connectivity index (χ3v) is 3.80. The largest absolute Gasteiger partial charge is 0.482 e. The molecule has 0 saturated heterocycles. The molecule has 0 aliphatic carbocycles. The molecule has 0 aliphatic heterocycles. The fourth-order valence-electron chi connectivity index (χ4n) is 1.96. The highest BCUT2D eigenvalue weighted by Gasteiger charge is 2.18. The first-order valence-corrected chi connectivity index (χ1v) is 8.31. The lowest BCUT2D eigenvalue weighted by molar-refractivity contribution is -0.123. The quantitative estimate of drug-likeness (QED) is 0.533. The molecule has 5 nitrogen and oxygen atoms in total. The van der Waals surface area contributed by atoms with E-state index in [9.17, 15) is 22.8 Å². The van der Waals surface area contributed by atoms with E-state index in [1.165, 1.54) is 12.1 Å². The number of halogens is 5. The summed E-state index contributed by atoms with van der Waals surface area (Å²) in [5.41, 5.74) is -0.638. The normalized spacial score (nSPS) is 10.4. The van der Waals surface area contributed by atoms with Gasteiger partial charge >= 0.3 is 0 Å². The van der Waals surface area contributed by atoms with E-state index in [2.05, 4.69) is 10.6 Å². The Morgan fingerprint density at radius 1 is 0.963 bits per heavy atom. The second-order valence-electron chi connectivity index (χ2n) is 5.19. The summed E-state index contributed by atoms with van der Waals surface area (Å²) in [5.74, 6) is -5.85. The number of ether oxygens (including phenoxy) is 1. The first-order valence-electron chi connectivity index (χ1n) is 7.56. The van der Waals surface area contributed by atoms with Gasteiger partial charge in [0.2, 0.25) is 0 Å². The van der Waals surface area contributed by atoms with Gasteiger partial charge in [-0.15, -0.1) is 0 Å². The van der Waals surface area contributed by atoms with Gasteiger partial charge in [0.25, 0.3) is 11.8 Å². The van der Waals surface area contributed by atoms with Gasteiger partial charge < -0.3 is 15.4 Å². The molecule has 2 aromatic rings. The maximum Gasteiger partial charge on any atom is 0.258 e. The molecule has 2 amide bonds. The first kappa shape index (κ1) is 20.9. The van der Waals surface area contributed by atoms with E-state index < -0.39 is 34.8 Å². The molecule has 0 unspecified atom stereocenters. The van der Waals surface area contributed by atoms with Crippen molar-refractivity contribution in [3.05, 3.63) is 63.4 Å². The first-order chi connectivity index (χ1) is 12.8. The number of hydrogen-bond donors (Lipinski definition) is 2. The third-order valence-electron chi connectivity index (χ3n) is 3.27. The van der Waals surface area contributed by atoms with Crippen LogP contribution in [-0.4, -0.2) is 31.5 Å². The smallest absolute Gasteiger partial charge is 0.258 e. The minimum Gasteiger partial charge on any atom is -0.482 e. The zero-order valence-electron chi connectivity index (χ0n) is 13.6. The predicted octanol–water partition coefficient (Wildman–Crippen LogP) is 3.34. The molecule has 0 spiro atoms. The maximum atomic E-state index is 13.5. The average molecular weight is 421 g/mol. The third kappa shape index (κ3) is 5.77. The molecular formula is C17H13Cl2F3N2O3. The molecule has 2 rings (SSSR count). The van der Waals surface area contributed by atoms with Crippen molar-refractivity contribution in [2.75, 3.05) is 19.7 Å². The van der Waals surface area contributed by atoms with Crippen LogP contribution in [0.3, 0.4) is 0 Å². The van der Waals surface area contributed by atoms with Gasteiger partial charge in [0.15, 0.2) is 24.1 Å². The number of nitrogens with one attached hydrogen (secondary N) is 2. The van der Waals surface area contributed by atoms with Crippen LogP contribution in [0.4, 0.5) is 13.2 Å². The number of carbonyl (C=O) groups is 2. The Kier molecular flexibility index (Phi) is 7.32. The minimum atomic E-state index is -1.73. The molecule has 0 radical (unpaired) electrons. The van der Waals surface area contributed by atoms with Gasteiger partial charge in [-0.3, -0.25) is 9.59 Å². The fraction of sp³-hybridized carbons (Fsp3) is 0.176. The molecule has 0 bridgehead atoms. The lowest BCUT2D eigenvalue weighted by Gasteiger charge is -2.10. The van der Waals surface area contributed by atoms with E-state index >= 15 is 0 Å². The average Bonchev–Trinajstić information content (AvgIpc) is 2.62. The number of rotatable bonds is 7. The van der Waals surface area contributed by atoms with Crippen molar-refractivity contribution in [3.8, 4) is 5.75 Å². The number of carbonyl (C=O) groups excluding carboxylic acids is 2. The van der Waals surface area contributed by atoms with Crippen molar-refractivity contribution in [1.29, 1.82) is 0 Å². The van der Waals surface area contributed by atoms with Crippen molar-refractivity contribution in [3.63, 3.8) is 0 Å². The van der Waals surface area contributed by atoms with E-state index in [1.807, 2.05) is 0 Å². The Morgan fingerprint density at radius 2 is 1.67 bits per heavy atom. The Hall–Kier alpha value is -2.45. The summed E-state index contributed by atoms with van der Waals surface area (Å²) < 4.78 is 44.7. The van der Waals surface area contributed by atoms with Crippen LogP contribution < -0.4 is 15.4 Å². The van der Waals surface area contributed by atoms with Crippen LogP contribution in [0.5, 0.6) is 5.75 Å². The molecule has 0 aromatic heterocycles. The van der Waals surface area contributed by atoms with Crippen molar-refractivity contribution in [2.45, 2.75) is 0 Å². The van der Waals surface area contributed by atoms with Crippen molar-refractivity contribution >= 4 is 35.0 Å². The highest BCUT2D eigenvalue weighted by molar-refractivity contribution is 6.35. The van der Waals surface area contributed by atoms with Crippen molar-refractivity contribution < 1.29 is 27.5 Å². The van der Waals surface area contributed by atoms with Gasteiger partial charge in [-0.1, -0.05) is 23.2 Å². The lowest BCUT2D eigenvalue weighted by Crippen LogP contribution is -2.37. The summed E-state index contributed by atoms with van der Waals surface area (Å²) in [6, 6.07) is 5.99. The van der Waals surface area contributed by atoms with E-state index in [0.717, 1.165) is 6.07 Å². The van der Waals surface area contributed by atoms with Gasteiger partial charge in [0.05, 0.1) is 10.6 Å². The Bertz CT molecular complexity index is 866. The van der Waals surface area contributed by atoms with Gasteiger partial charge in [0, 0.05) is 18.1 Å². The van der Waals surface area contributed by atoms with E-state index in [1.54, 1.807) is 6.07 Å². The molecular weight excluding hydrogens is 408 g/mol. The molecule has 0 aliphatic rings. The zero-order valence-corrected chi connectivity index (χ0v) is 15.1. The van der Waals surface area contributed by atoms with Crippen LogP contribution in [0.1, 0.15) is 10.4 Å². The summed E-state index contributed by atoms with van der Waals surface area (Å²) in [6.07, 6.45) is 0. The second kappa shape index (κ2) is 9.48. The Labute approximate surface area is 162 Å². The SMILES string of the molecule is O=C(COc1ccc(Cl)cc1Cl)NCCNC(=O)c1ccc(F)c(F)c1F. The summed E-state index contributed by atoms with van der Waals surface area (Å²) in [6.45, 7) is -0.384. The van der Waals surface area contributed by atoms with Crippen LogP contribution in [0.15, 0.2) is 30.3 Å². The standard InChI is InChI=1S/C17H13Cl2F3N2O3/c18-9-1-4-13(11(19)7-9)27-8-14(25)23-5-6-24-17(26)10-2-3-12(20)16(22)15(10)21/h1-4,7H,5-6,8H2,(H,23,25)(H,24,26). The molecule has 0 atom stereocenters. The molecule has 0 saturated carbocycles. The summed E-state index contributed by atoms with van der Waals surface area (Å²) in [5, 5.41) is 5.39. The summed E-state index contributed by atoms with van der Waals surface area (Å²) in [7, 11) is 0. The van der Waals surface area contributed by atoms with Crippen LogP contribution in [-0.2, 0) is 4.79 Å². The van der Waals surface area contributed by atoms with Crippen LogP contribution in [0.2, 0.25) is 10.0 Å². The lowest BCUT2D eigenvalue weighted by atomic mass is 10.2. The molecule has 27 heavy (non-hydrogen) atoms. The van der Waals surface area contributed by atoms with Crippen LogP contribution >= 0.6 is 23.2 Å². The van der Waals surface area contributed by atoms with E-state index in [0.29, 0.717) is 11.1 Å². The van der Waals surface area contributed by atoms with Crippen LogP contribution in [0.25, 0.3) is 0 Å². The second-order valence-corrected chi connectivity index (χ2v) is 6.04. The Balaban J connectivity index is 1.74. The highest BCUT2D eigenvalue weighted by Crippen LogP contribution is 2.27.